The quantitative estimate of drug-likeness (QED) is 0.850. The summed E-state index contributed by atoms with van der Waals surface area (Å²) in [6, 6.07) is 11.9. The number of carbonyl (C=O) groups is 1. The standard InChI is InChI=1S/C17H22N2O3/c1-17(2,3)22-16(20)19-18-11-12-9-10-15(21-4)14-8-6-5-7-13(12)14/h5-10,18H,11H2,1-4H3,(H,19,20). The molecule has 0 spiro atoms. The summed E-state index contributed by atoms with van der Waals surface area (Å²) in [4.78, 5) is 11.6. The van der Waals surface area contributed by atoms with Gasteiger partial charge in [0, 0.05) is 11.9 Å². The largest absolute Gasteiger partial charge is 0.496 e. The van der Waals surface area contributed by atoms with Crippen molar-refractivity contribution in [3.63, 3.8) is 0 Å². The first-order valence-corrected chi connectivity index (χ1v) is 7.17. The van der Waals surface area contributed by atoms with Gasteiger partial charge in [0.05, 0.1) is 7.11 Å². The predicted molar refractivity (Wildman–Crippen MR) is 86.7 cm³/mol. The topological polar surface area (TPSA) is 59.6 Å². The summed E-state index contributed by atoms with van der Waals surface area (Å²) in [6.07, 6.45) is -0.495. The molecule has 0 aromatic heterocycles. The van der Waals surface area contributed by atoms with Gasteiger partial charge in [0.1, 0.15) is 11.4 Å². The van der Waals surface area contributed by atoms with Gasteiger partial charge >= 0.3 is 6.09 Å². The van der Waals surface area contributed by atoms with E-state index >= 15 is 0 Å². The van der Waals surface area contributed by atoms with Gasteiger partial charge in [-0.1, -0.05) is 30.3 Å². The van der Waals surface area contributed by atoms with E-state index in [0.29, 0.717) is 6.54 Å². The van der Waals surface area contributed by atoms with Crippen LogP contribution in [0.5, 0.6) is 5.75 Å². The SMILES string of the molecule is COc1ccc(CNNC(=O)OC(C)(C)C)c2ccccc12. The minimum Gasteiger partial charge on any atom is -0.496 e. The van der Waals surface area contributed by atoms with Crippen molar-refractivity contribution < 1.29 is 14.3 Å². The smallest absolute Gasteiger partial charge is 0.422 e. The Labute approximate surface area is 130 Å². The molecule has 0 heterocycles. The highest BCUT2D eigenvalue weighted by Crippen LogP contribution is 2.28. The number of carbonyl (C=O) groups excluding carboxylic acids is 1. The van der Waals surface area contributed by atoms with Gasteiger partial charge < -0.3 is 9.47 Å². The van der Waals surface area contributed by atoms with E-state index in [0.717, 1.165) is 22.1 Å². The molecule has 0 fully saturated rings. The molecular weight excluding hydrogens is 280 g/mol. The first-order chi connectivity index (χ1) is 10.4. The van der Waals surface area contributed by atoms with E-state index in [1.807, 2.05) is 57.2 Å². The van der Waals surface area contributed by atoms with Crippen LogP contribution in [0.3, 0.4) is 0 Å². The Hall–Kier alpha value is -2.27. The highest BCUT2D eigenvalue weighted by Gasteiger charge is 2.15. The minimum atomic E-state index is -0.515. The highest BCUT2D eigenvalue weighted by atomic mass is 16.6. The van der Waals surface area contributed by atoms with Gasteiger partial charge in [-0.25, -0.2) is 10.2 Å². The molecule has 0 aliphatic rings. The fourth-order valence-corrected chi connectivity index (χ4v) is 2.18. The molecule has 0 saturated heterocycles. The van der Waals surface area contributed by atoms with Crippen LogP contribution < -0.4 is 15.6 Å². The molecule has 2 aromatic carbocycles. The van der Waals surface area contributed by atoms with E-state index in [2.05, 4.69) is 10.9 Å². The Morgan fingerprint density at radius 1 is 1.09 bits per heavy atom. The number of hydrogen-bond donors (Lipinski definition) is 2. The summed E-state index contributed by atoms with van der Waals surface area (Å²) >= 11 is 0. The third-order valence-electron chi connectivity index (χ3n) is 3.06. The molecular formula is C17H22N2O3. The molecule has 0 radical (unpaired) electrons. The van der Waals surface area contributed by atoms with Gasteiger partial charge in [0.2, 0.25) is 0 Å². The van der Waals surface area contributed by atoms with Gasteiger partial charge in [-0.3, -0.25) is 5.43 Å². The van der Waals surface area contributed by atoms with Crippen LogP contribution in [0.4, 0.5) is 4.79 Å². The van der Waals surface area contributed by atoms with Crippen LogP contribution in [0.1, 0.15) is 26.3 Å². The van der Waals surface area contributed by atoms with E-state index < -0.39 is 11.7 Å². The Morgan fingerprint density at radius 2 is 1.77 bits per heavy atom. The monoisotopic (exact) mass is 302 g/mol. The lowest BCUT2D eigenvalue weighted by atomic mass is 10.0. The molecule has 0 aliphatic heterocycles. The van der Waals surface area contributed by atoms with E-state index in [1.54, 1.807) is 7.11 Å². The fourth-order valence-electron chi connectivity index (χ4n) is 2.18. The zero-order valence-corrected chi connectivity index (χ0v) is 13.4. The fraction of sp³-hybridized carbons (Fsp3) is 0.353. The zero-order valence-electron chi connectivity index (χ0n) is 13.4. The third-order valence-corrected chi connectivity index (χ3v) is 3.06. The Bertz CT molecular complexity index is 662. The first kappa shape index (κ1) is 16.1. The molecule has 5 nitrogen and oxygen atoms in total. The molecule has 0 atom stereocenters. The van der Waals surface area contributed by atoms with Crippen molar-refractivity contribution in [1.82, 2.24) is 10.9 Å². The zero-order chi connectivity index (χ0) is 16.2. The van der Waals surface area contributed by atoms with Gasteiger partial charge in [0.15, 0.2) is 0 Å². The van der Waals surface area contributed by atoms with Crippen LogP contribution >= 0.6 is 0 Å². The van der Waals surface area contributed by atoms with Crippen LogP contribution in [-0.4, -0.2) is 18.8 Å². The highest BCUT2D eigenvalue weighted by molar-refractivity contribution is 5.91. The molecule has 0 aliphatic carbocycles. The normalized spacial score (nSPS) is 11.3. The Morgan fingerprint density at radius 3 is 2.41 bits per heavy atom. The number of amides is 1. The van der Waals surface area contributed by atoms with Gasteiger partial charge in [-0.2, -0.15) is 0 Å². The predicted octanol–water partition coefficient (Wildman–Crippen LogP) is 3.38. The molecule has 0 saturated carbocycles. The maximum absolute atomic E-state index is 11.6. The van der Waals surface area contributed by atoms with Crippen molar-refractivity contribution in [2.24, 2.45) is 0 Å². The molecule has 2 N–H and O–H groups in total. The van der Waals surface area contributed by atoms with E-state index in [4.69, 9.17) is 9.47 Å². The van der Waals surface area contributed by atoms with E-state index in [-0.39, 0.29) is 0 Å². The van der Waals surface area contributed by atoms with Crippen LogP contribution in [0.2, 0.25) is 0 Å². The molecule has 118 valence electrons. The van der Waals surface area contributed by atoms with Crippen molar-refractivity contribution >= 4 is 16.9 Å². The maximum atomic E-state index is 11.6. The summed E-state index contributed by atoms with van der Waals surface area (Å²) < 4.78 is 10.5. The second-order valence-electron chi connectivity index (χ2n) is 5.95. The van der Waals surface area contributed by atoms with Crippen molar-refractivity contribution in [1.29, 1.82) is 0 Å². The summed E-state index contributed by atoms with van der Waals surface area (Å²) in [6.45, 7) is 5.96. The second-order valence-corrected chi connectivity index (χ2v) is 5.95. The van der Waals surface area contributed by atoms with Gasteiger partial charge in [-0.05, 0) is 37.8 Å². The second kappa shape index (κ2) is 6.66. The van der Waals surface area contributed by atoms with Crippen LogP contribution in [0.15, 0.2) is 36.4 Å². The summed E-state index contributed by atoms with van der Waals surface area (Å²) in [7, 11) is 1.66. The number of benzene rings is 2. The molecule has 1 amide bonds. The van der Waals surface area contributed by atoms with Crippen LogP contribution in [0, 0.1) is 0 Å². The first-order valence-electron chi connectivity index (χ1n) is 7.17. The average Bonchev–Trinajstić information content (AvgIpc) is 2.45. The van der Waals surface area contributed by atoms with E-state index in [1.165, 1.54) is 0 Å². The molecule has 5 heteroatoms. The van der Waals surface area contributed by atoms with Crippen LogP contribution in [0.25, 0.3) is 10.8 Å². The van der Waals surface area contributed by atoms with Crippen molar-refractivity contribution in [3.8, 4) is 5.75 Å². The number of nitrogens with one attached hydrogen (secondary N) is 2. The lowest BCUT2D eigenvalue weighted by Gasteiger charge is -2.20. The number of fused-ring (bicyclic) bond motifs is 1. The molecule has 0 bridgehead atoms. The lowest BCUT2D eigenvalue weighted by molar-refractivity contribution is 0.0497. The van der Waals surface area contributed by atoms with Crippen molar-refractivity contribution in [2.75, 3.05) is 7.11 Å². The summed E-state index contributed by atoms with van der Waals surface area (Å²) in [5.41, 5.74) is 5.97. The summed E-state index contributed by atoms with van der Waals surface area (Å²) in [5.74, 6) is 0.833. The molecule has 0 unspecified atom stereocenters. The number of hydrogen-bond acceptors (Lipinski definition) is 4. The number of methoxy groups -OCH3 is 1. The number of hydrazine groups is 1. The van der Waals surface area contributed by atoms with Crippen molar-refractivity contribution in [2.45, 2.75) is 32.9 Å². The summed E-state index contributed by atoms with van der Waals surface area (Å²) in [5, 5.41) is 2.13. The Balaban J connectivity index is 2.05. The van der Waals surface area contributed by atoms with E-state index in [9.17, 15) is 4.79 Å². The van der Waals surface area contributed by atoms with Crippen LogP contribution in [-0.2, 0) is 11.3 Å². The average molecular weight is 302 g/mol. The molecule has 2 aromatic rings. The molecule has 22 heavy (non-hydrogen) atoms. The van der Waals surface area contributed by atoms with Gasteiger partial charge in [0.25, 0.3) is 0 Å². The Kier molecular flexibility index (Phi) is 4.88. The third kappa shape index (κ3) is 4.11. The number of rotatable bonds is 4. The van der Waals surface area contributed by atoms with Gasteiger partial charge in [-0.15, -0.1) is 0 Å². The van der Waals surface area contributed by atoms with Crippen molar-refractivity contribution in [3.05, 3.63) is 42.0 Å². The number of ether oxygens (including phenoxy) is 2. The minimum absolute atomic E-state index is 0.490. The maximum Gasteiger partial charge on any atom is 0.422 e. The molecule has 2 rings (SSSR count). The lowest BCUT2D eigenvalue weighted by Crippen LogP contribution is -2.40.